The standard InChI is InChI=1S/C13H23N5S/c1-4-14-11-7-12(17-13(16-11)19-3)15-8-10-5-6-18(2)9-10/h7,10H,4-6,8-9H2,1-3H3,(H2,14,15,16,17). The predicted molar refractivity (Wildman–Crippen MR) is 82.1 cm³/mol. The van der Waals surface area contributed by atoms with Gasteiger partial charge in [0.2, 0.25) is 0 Å². The fourth-order valence-corrected chi connectivity index (χ4v) is 2.70. The number of likely N-dealkylation sites (tertiary alicyclic amines) is 1. The van der Waals surface area contributed by atoms with Gasteiger partial charge in [-0.2, -0.15) is 0 Å². The van der Waals surface area contributed by atoms with Gasteiger partial charge in [-0.3, -0.25) is 0 Å². The van der Waals surface area contributed by atoms with Crippen molar-refractivity contribution in [2.45, 2.75) is 18.5 Å². The zero-order valence-electron chi connectivity index (χ0n) is 11.9. The Morgan fingerprint density at radius 1 is 1.37 bits per heavy atom. The van der Waals surface area contributed by atoms with E-state index >= 15 is 0 Å². The Morgan fingerprint density at radius 2 is 2.11 bits per heavy atom. The second kappa shape index (κ2) is 6.96. The summed E-state index contributed by atoms with van der Waals surface area (Å²) in [5.74, 6) is 2.54. The smallest absolute Gasteiger partial charge is 0.191 e. The van der Waals surface area contributed by atoms with Crippen molar-refractivity contribution < 1.29 is 0 Å². The summed E-state index contributed by atoms with van der Waals surface area (Å²) in [6.45, 7) is 6.31. The molecule has 19 heavy (non-hydrogen) atoms. The molecule has 2 rings (SSSR count). The topological polar surface area (TPSA) is 53.1 Å². The van der Waals surface area contributed by atoms with Gasteiger partial charge in [-0.15, -0.1) is 0 Å². The van der Waals surface area contributed by atoms with Crippen LogP contribution in [0.3, 0.4) is 0 Å². The summed E-state index contributed by atoms with van der Waals surface area (Å²) >= 11 is 1.57. The molecule has 6 heteroatoms. The maximum Gasteiger partial charge on any atom is 0.191 e. The highest BCUT2D eigenvalue weighted by Gasteiger charge is 2.19. The number of rotatable bonds is 6. The van der Waals surface area contributed by atoms with Crippen LogP contribution in [-0.4, -0.2) is 54.4 Å². The van der Waals surface area contributed by atoms with Crippen LogP contribution in [0.1, 0.15) is 13.3 Å². The maximum absolute atomic E-state index is 4.50. The summed E-state index contributed by atoms with van der Waals surface area (Å²) in [6, 6.07) is 1.99. The van der Waals surface area contributed by atoms with Crippen LogP contribution in [-0.2, 0) is 0 Å². The van der Waals surface area contributed by atoms with E-state index in [4.69, 9.17) is 0 Å². The molecule has 106 valence electrons. The van der Waals surface area contributed by atoms with Crippen LogP contribution in [0.25, 0.3) is 0 Å². The molecule has 1 unspecified atom stereocenters. The number of hydrogen-bond acceptors (Lipinski definition) is 6. The van der Waals surface area contributed by atoms with Gasteiger partial charge in [-0.05, 0) is 39.1 Å². The summed E-state index contributed by atoms with van der Waals surface area (Å²) in [5, 5.41) is 7.50. The molecule has 1 saturated heterocycles. The van der Waals surface area contributed by atoms with Crippen LogP contribution in [0.4, 0.5) is 11.6 Å². The molecular formula is C13H23N5S. The van der Waals surface area contributed by atoms with Crippen molar-refractivity contribution in [1.29, 1.82) is 0 Å². The second-order valence-electron chi connectivity index (χ2n) is 4.95. The first-order valence-corrected chi connectivity index (χ1v) is 8.03. The molecule has 0 spiro atoms. The van der Waals surface area contributed by atoms with Gasteiger partial charge in [0.25, 0.3) is 0 Å². The number of aromatic nitrogens is 2. The molecule has 1 aromatic rings. The monoisotopic (exact) mass is 281 g/mol. The van der Waals surface area contributed by atoms with Crippen molar-refractivity contribution in [2.24, 2.45) is 5.92 Å². The Hall–Kier alpha value is -1.01. The van der Waals surface area contributed by atoms with Gasteiger partial charge in [0, 0.05) is 25.7 Å². The molecule has 2 N–H and O–H groups in total. The normalized spacial score (nSPS) is 19.6. The van der Waals surface area contributed by atoms with Crippen LogP contribution in [0, 0.1) is 5.92 Å². The molecule has 1 fully saturated rings. The molecule has 2 heterocycles. The first-order chi connectivity index (χ1) is 9.21. The van der Waals surface area contributed by atoms with E-state index in [-0.39, 0.29) is 0 Å². The van der Waals surface area contributed by atoms with Gasteiger partial charge in [-0.25, -0.2) is 9.97 Å². The molecule has 0 saturated carbocycles. The second-order valence-corrected chi connectivity index (χ2v) is 5.73. The van der Waals surface area contributed by atoms with E-state index in [1.165, 1.54) is 19.5 Å². The Balaban J connectivity index is 1.96. The number of hydrogen-bond donors (Lipinski definition) is 2. The molecule has 5 nitrogen and oxygen atoms in total. The van der Waals surface area contributed by atoms with Crippen molar-refractivity contribution in [1.82, 2.24) is 14.9 Å². The van der Waals surface area contributed by atoms with Gasteiger partial charge in [0.05, 0.1) is 0 Å². The summed E-state index contributed by atoms with van der Waals surface area (Å²) in [4.78, 5) is 11.3. The lowest BCUT2D eigenvalue weighted by Crippen LogP contribution is -2.19. The molecule has 0 aromatic carbocycles. The predicted octanol–water partition coefficient (Wildman–Crippen LogP) is 1.99. The van der Waals surface area contributed by atoms with E-state index < -0.39 is 0 Å². The molecule has 1 atom stereocenters. The number of thioether (sulfide) groups is 1. The molecule has 0 radical (unpaired) electrons. The summed E-state index contributed by atoms with van der Waals surface area (Å²) < 4.78 is 0. The van der Waals surface area contributed by atoms with E-state index in [1.807, 2.05) is 12.3 Å². The third-order valence-corrected chi connectivity index (χ3v) is 3.85. The van der Waals surface area contributed by atoms with Crippen molar-refractivity contribution in [3.8, 4) is 0 Å². The Labute approximate surface area is 119 Å². The fraction of sp³-hybridized carbons (Fsp3) is 0.692. The van der Waals surface area contributed by atoms with Crippen molar-refractivity contribution in [3.05, 3.63) is 6.07 Å². The van der Waals surface area contributed by atoms with E-state index in [1.54, 1.807) is 11.8 Å². The lowest BCUT2D eigenvalue weighted by atomic mass is 10.1. The fourth-order valence-electron chi connectivity index (χ4n) is 2.32. The highest BCUT2D eigenvalue weighted by Crippen LogP contribution is 2.19. The highest BCUT2D eigenvalue weighted by molar-refractivity contribution is 7.98. The molecule has 0 amide bonds. The average molecular weight is 281 g/mol. The number of nitrogens with zero attached hydrogens (tertiary/aromatic N) is 3. The minimum absolute atomic E-state index is 0.722. The third-order valence-electron chi connectivity index (χ3n) is 3.31. The summed E-state index contributed by atoms with van der Waals surface area (Å²) in [6.07, 6.45) is 3.27. The zero-order chi connectivity index (χ0) is 13.7. The van der Waals surface area contributed by atoms with Crippen LogP contribution in [0.15, 0.2) is 11.2 Å². The van der Waals surface area contributed by atoms with E-state index in [9.17, 15) is 0 Å². The van der Waals surface area contributed by atoms with Gasteiger partial charge < -0.3 is 15.5 Å². The molecule has 0 bridgehead atoms. The van der Waals surface area contributed by atoms with Crippen LogP contribution in [0.2, 0.25) is 0 Å². The minimum Gasteiger partial charge on any atom is -0.370 e. The van der Waals surface area contributed by atoms with Crippen molar-refractivity contribution >= 4 is 23.4 Å². The van der Waals surface area contributed by atoms with Gasteiger partial charge in [-0.1, -0.05) is 11.8 Å². The van der Waals surface area contributed by atoms with E-state index in [2.05, 4.69) is 39.5 Å². The lowest BCUT2D eigenvalue weighted by Gasteiger charge is -2.13. The maximum atomic E-state index is 4.50. The lowest BCUT2D eigenvalue weighted by molar-refractivity contribution is 0.399. The molecule has 1 aromatic heterocycles. The van der Waals surface area contributed by atoms with Gasteiger partial charge >= 0.3 is 0 Å². The average Bonchev–Trinajstić information content (AvgIpc) is 2.82. The Kier molecular flexibility index (Phi) is 5.27. The summed E-state index contributed by atoms with van der Waals surface area (Å²) in [7, 11) is 2.18. The van der Waals surface area contributed by atoms with Gasteiger partial charge in [0.15, 0.2) is 5.16 Å². The van der Waals surface area contributed by atoms with Crippen molar-refractivity contribution in [3.63, 3.8) is 0 Å². The number of anilines is 2. The minimum atomic E-state index is 0.722. The first kappa shape index (κ1) is 14.4. The third kappa shape index (κ3) is 4.24. The Morgan fingerprint density at radius 3 is 2.68 bits per heavy atom. The first-order valence-electron chi connectivity index (χ1n) is 6.80. The summed E-state index contributed by atoms with van der Waals surface area (Å²) in [5.41, 5.74) is 0. The highest BCUT2D eigenvalue weighted by atomic mass is 32.2. The van der Waals surface area contributed by atoms with Crippen molar-refractivity contribution in [2.75, 3.05) is 50.1 Å². The van der Waals surface area contributed by atoms with E-state index in [0.29, 0.717) is 0 Å². The van der Waals surface area contributed by atoms with Crippen LogP contribution in [0.5, 0.6) is 0 Å². The van der Waals surface area contributed by atoms with Crippen LogP contribution >= 0.6 is 11.8 Å². The van der Waals surface area contributed by atoms with Crippen LogP contribution < -0.4 is 10.6 Å². The number of nitrogens with one attached hydrogen (secondary N) is 2. The van der Waals surface area contributed by atoms with Gasteiger partial charge in [0.1, 0.15) is 11.6 Å². The Bertz CT molecular complexity index is 412. The molecule has 1 aliphatic heterocycles. The molecular weight excluding hydrogens is 258 g/mol. The molecule has 0 aliphatic carbocycles. The quantitative estimate of drug-likeness (QED) is 0.614. The largest absolute Gasteiger partial charge is 0.370 e. The van der Waals surface area contributed by atoms with E-state index in [0.717, 1.165) is 35.8 Å². The SMILES string of the molecule is CCNc1cc(NCC2CCN(C)C2)nc(SC)n1. The molecule has 1 aliphatic rings. The zero-order valence-corrected chi connectivity index (χ0v) is 12.8.